The van der Waals surface area contributed by atoms with Crippen molar-refractivity contribution in [3.8, 4) is 0 Å². The molecule has 0 saturated carbocycles. The molecule has 0 amide bonds. The first-order valence-electron chi connectivity index (χ1n) is 7.88. The molecule has 1 fully saturated rings. The average Bonchev–Trinajstić information content (AvgIpc) is 2.92. The first kappa shape index (κ1) is 15.4. The van der Waals surface area contributed by atoms with Crippen molar-refractivity contribution < 1.29 is 4.52 Å². The lowest BCUT2D eigenvalue weighted by Gasteiger charge is -2.09. The fraction of sp³-hybridized carbons (Fsp3) is 0.667. The van der Waals surface area contributed by atoms with Crippen molar-refractivity contribution >= 4 is 11.3 Å². The van der Waals surface area contributed by atoms with Gasteiger partial charge in [-0.05, 0) is 33.2 Å². The van der Waals surface area contributed by atoms with Crippen LogP contribution >= 0.6 is 11.3 Å². The predicted molar refractivity (Wildman–Crippen MR) is 85.3 cm³/mol. The number of thiazole rings is 1. The highest BCUT2D eigenvalue weighted by molar-refractivity contribution is 7.09. The maximum absolute atomic E-state index is 11.9. The SMILES string of the molecule is Cc1sc(=O)n(CCc2nc(C3CCCCCN3)no2)c1C. The van der Waals surface area contributed by atoms with E-state index in [9.17, 15) is 4.79 Å². The molecule has 2 aromatic heterocycles. The number of aryl methyl sites for hydroxylation is 2. The van der Waals surface area contributed by atoms with Gasteiger partial charge in [0.1, 0.15) is 0 Å². The van der Waals surface area contributed by atoms with Gasteiger partial charge in [0.15, 0.2) is 5.82 Å². The highest BCUT2D eigenvalue weighted by Crippen LogP contribution is 2.20. The predicted octanol–water partition coefficient (Wildman–Crippen LogP) is 2.36. The van der Waals surface area contributed by atoms with Crippen molar-refractivity contribution in [2.24, 2.45) is 0 Å². The molecule has 0 aliphatic carbocycles. The summed E-state index contributed by atoms with van der Waals surface area (Å²) in [5, 5.41) is 7.58. The Morgan fingerprint density at radius 3 is 3.00 bits per heavy atom. The molecule has 0 spiro atoms. The van der Waals surface area contributed by atoms with Gasteiger partial charge in [0.2, 0.25) is 5.89 Å². The molecule has 1 unspecified atom stereocenters. The number of hydrogen-bond donors (Lipinski definition) is 1. The molecule has 1 N–H and O–H groups in total. The minimum Gasteiger partial charge on any atom is -0.339 e. The van der Waals surface area contributed by atoms with Crippen LogP contribution in [0.25, 0.3) is 0 Å². The molecule has 3 rings (SSSR count). The van der Waals surface area contributed by atoms with E-state index in [1.165, 1.54) is 30.6 Å². The van der Waals surface area contributed by atoms with Crippen LogP contribution in [0.2, 0.25) is 0 Å². The molecule has 22 heavy (non-hydrogen) atoms. The van der Waals surface area contributed by atoms with E-state index in [1.807, 2.05) is 13.8 Å². The molecule has 1 aliphatic heterocycles. The fourth-order valence-corrected chi connectivity index (χ4v) is 3.67. The largest absolute Gasteiger partial charge is 0.339 e. The van der Waals surface area contributed by atoms with Crippen LogP contribution in [0.5, 0.6) is 0 Å². The standard InChI is InChI=1S/C15H22N4O2S/c1-10-11(2)22-15(20)19(10)9-7-13-17-14(18-21-13)12-6-4-3-5-8-16-12/h12,16H,3-9H2,1-2H3. The summed E-state index contributed by atoms with van der Waals surface area (Å²) in [7, 11) is 0. The van der Waals surface area contributed by atoms with Crippen LogP contribution in [-0.2, 0) is 13.0 Å². The third kappa shape index (κ3) is 3.30. The Kier molecular flexibility index (Phi) is 4.73. The summed E-state index contributed by atoms with van der Waals surface area (Å²) in [6, 6.07) is 0.202. The van der Waals surface area contributed by atoms with E-state index < -0.39 is 0 Å². The summed E-state index contributed by atoms with van der Waals surface area (Å²) in [6.07, 6.45) is 5.32. The van der Waals surface area contributed by atoms with Gasteiger partial charge in [-0.15, -0.1) is 0 Å². The van der Waals surface area contributed by atoms with Crippen LogP contribution < -0.4 is 10.2 Å². The van der Waals surface area contributed by atoms with Crippen molar-refractivity contribution in [2.45, 2.75) is 58.5 Å². The number of rotatable bonds is 4. The van der Waals surface area contributed by atoms with Gasteiger partial charge in [-0.1, -0.05) is 29.3 Å². The monoisotopic (exact) mass is 322 g/mol. The highest BCUT2D eigenvalue weighted by Gasteiger charge is 2.19. The van der Waals surface area contributed by atoms with E-state index in [0.29, 0.717) is 18.9 Å². The van der Waals surface area contributed by atoms with Crippen LogP contribution in [0.3, 0.4) is 0 Å². The molecule has 1 saturated heterocycles. The second kappa shape index (κ2) is 6.75. The van der Waals surface area contributed by atoms with Crippen LogP contribution in [0.15, 0.2) is 9.32 Å². The first-order chi connectivity index (χ1) is 10.6. The zero-order chi connectivity index (χ0) is 15.5. The molecule has 6 nitrogen and oxygen atoms in total. The molecule has 3 heterocycles. The lowest BCUT2D eigenvalue weighted by atomic mass is 10.1. The van der Waals surface area contributed by atoms with Gasteiger partial charge in [-0.3, -0.25) is 4.79 Å². The number of hydrogen-bond acceptors (Lipinski definition) is 6. The lowest BCUT2D eigenvalue weighted by molar-refractivity contribution is 0.358. The smallest absolute Gasteiger partial charge is 0.307 e. The molecule has 120 valence electrons. The van der Waals surface area contributed by atoms with Gasteiger partial charge in [0.25, 0.3) is 0 Å². The fourth-order valence-electron chi connectivity index (χ4n) is 2.81. The molecular formula is C15H22N4O2S. The molecule has 1 aliphatic rings. The highest BCUT2D eigenvalue weighted by atomic mass is 32.1. The second-order valence-corrected chi connectivity index (χ2v) is 6.98. The molecule has 0 aromatic carbocycles. The minimum absolute atomic E-state index is 0.0835. The molecule has 7 heteroatoms. The summed E-state index contributed by atoms with van der Waals surface area (Å²) >= 11 is 1.29. The van der Waals surface area contributed by atoms with E-state index in [4.69, 9.17) is 4.52 Å². The zero-order valence-electron chi connectivity index (χ0n) is 13.1. The quantitative estimate of drug-likeness (QED) is 0.935. The van der Waals surface area contributed by atoms with Crippen molar-refractivity contribution in [1.82, 2.24) is 20.0 Å². The molecular weight excluding hydrogens is 300 g/mol. The van der Waals surface area contributed by atoms with E-state index in [2.05, 4.69) is 15.5 Å². The minimum atomic E-state index is 0.0835. The molecule has 0 bridgehead atoms. The van der Waals surface area contributed by atoms with Gasteiger partial charge in [0.05, 0.1) is 6.04 Å². The van der Waals surface area contributed by atoms with E-state index in [-0.39, 0.29) is 10.9 Å². The van der Waals surface area contributed by atoms with Gasteiger partial charge >= 0.3 is 4.87 Å². The maximum atomic E-state index is 11.9. The number of nitrogens with one attached hydrogen (secondary N) is 1. The van der Waals surface area contributed by atoms with Crippen LogP contribution in [0, 0.1) is 13.8 Å². The van der Waals surface area contributed by atoms with Gasteiger partial charge < -0.3 is 14.4 Å². The van der Waals surface area contributed by atoms with Crippen molar-refractivity contribution in [3.63, 3.8) is 0 Å². The first-order valence-corrected chi connectivity index (χ1v) is 8.69. The molecule has 2 aromatic rings. The summed E-state index contributed by atoms with van der Waals surface area (Å²) in [5.41, 5.74) is 1.03. The van der Waals surface area contributed by atoms with Gasteiger partial charge in [0, 0.05) is 23.5 Å². The van der Waals surface area contributed by atoms with Gasteiger partial charge in [-0.2, -0.15) is 4.98 Å². The molecule has 0 radical (unpaired) electrons. The Balaban J connectivity index is 1.65. The zero-order valence-corrected chi connectivity index (χ0v) is 13.9. The summed E-state index contributed by atoms with van der Waals surface area (Å²) in [6.45, 7) is 5.55. The Bertz CT molecular complexity index is 680. The topological polar surface area (TPSA) is 73.0 Å². The van der Waals surface area contributed by atoms with Gasteiger partial charge in [-0.25, -0.2) is 0 Å². The molecule has 1 atom stereocenters. The van der Waals surface area contributed by atoms with Crippen molar-refractivity contribution in [1.29, 1.82) is 0 Å². The summed E-state index contributed by atoms with van der Waals surface area (Å²) in [5.74, 6) is 1.36. The third-order valence-electron chi connectivity index (χ3n) is 4.28. The van der Waals surface area contributed by atoms with Crippen LogP contribution in [-0.4, -0.2) is 21.3 Å². The normalized spacial score (nSPS) is 19.3. The third-order valence-corrected chi connectivity index (χ3v) is 5.28. The van der Waals surface area contributed by atoms with Crippen molar-refractivity contribution in [2.75, 3.05) is 6.54 Å². The summed E-state index contributed by atoms with van der Waals surface area (Å²) < 4.78 is 7.14. The number of nitrogens with zero attached hydrogens (tertiary/aromatic N) is 3. The Hall–Kier alpha value is -1.47. The Morgan fingerprint density at radius 2 is 2.23 bits per heavy atom. The maximum Gasteiger partial charge on any atom is 0.307 e. The summed E-state index contributed by atoms with van der Waals surface area (Å²) in [4.78, 5) is 17.5. The van der Waals surface area contributed by atoms with Crippen molar-refractivity contribution in [3.05, 3.63) is 32.0 Å². The second-order valence-electron chi connectivity index (χ2n) is 5.81. The Labute approximate surface area is 133 Å². The Morgan fingerprint density at radius 1 is 1.36 bits per heavy atom. The lowest BCUT2D eigenvalue weighted by Crippen LogP contribution is -2.21. The van der Waals surface area contributed by atoms with E-state index in [1.54, 1.807) is 4.57 Å². The number of aromatic nitrogens is 3. The van der Waals surface area contributed by atoms with Crippen LogP contribution in [0.1, 0.15) is 54.0 Å². The van der Waals surface area contributed by atoms with E-state index in [0.717, 1.165) is 29.4 Å². The average molecular weight is 322 g/mol. The van der Waals surface area contributed by atoms with E-state index >= 15 is 0 Å². The van der Waals surface area contributed by atoms with Crippen LogP contribution in [0.4, 0.5) is 0 Å².